The third kappa shape index (κ3) is 4.72. The fraction of sp³-hybridized carbons (Fsp3) is 0.0417. The molecule has 0 radical (unpaired) electrons. The first-order valence-electron chi connectivity index (χ1n) is 9.75. The van der Waals surface area contributed by atoms with Crippen molar-refractivity contribution in [2.75, 3.05) is 17.3 Å². The Balaban J connectivity index is 1.51. The molecule has 2 amide bonds. The van der Waals surface area contributed by atoms with Crippen LogP contribution >= 0.6 is 34.8 Å². The van der Waals surface area contributed by atoms with Crippen LogP contribution in [0.25, 0.3) is 0 Å². The van der Waals surface area contributed by atoms with Crippen molar-refractivity contribution in [2.24, 2.45) is 0 Å². The van der Waals surface area contributed by atoms with E-state index in [1.54, 1.807) is 42.5 Å². The van der Waals surface area contributed by atoms with Crippen molar-refractivity contribution in [1.82, 2.24) is 0 Å². The lowest BCUT2D eigenvalue weighted by atomic mass is 10.2. The first-order chi connectivity index (χ1) is 16.3. The summed E-state index contributed by atoms with van der Waals surface area (Å²) in [7, 11) is 1.41. The van der Waals surface area contributed by atoms with Gasteiger partial charge in [-0.25, -0.2) is 9.69 Å². The molecule has 0 atom stereocenters. The SMILES string of the molecule is COc1ccc(Cl)cc1N1C(=O)C(Cl)=C(Nc2ccc(C(=O)Oc3cccc(Cl)c3)cc2)C1=O. The number of amides is 2. The molecule has 1 aliphatic rings. The fourth-order valence-electron chi connectivity index (χ4n) is 3.20. The number of nitrogens with zero attached hydrogens (tertiary/aromatic N) is 1. The fourth-order valence-corrected chi connectivity index (χ4v) is 3.76. The molecule has 0 spiro atoms. The maximum atomic E-state index is 13.0. The Bertz CT molecular complexity index is 1340. The topological polar surface area (TPSA) is 84.9 Å². The highest BCUT2D eigenvalue weighted by molar-refractivity contribution is 6.53. The Morgan fingerprint density at radius 1 is 0.882 bits per heavy atom. The minimum Gasteiger partial charge on any atom is -0.495 e. The van der Waals surface area contributed by atoms with E-state index in [1.807, 2.05) is 0 Å². The van der Waals surface area contributed by atoms with E-state index in [0.29, 0.717) is 21.5 Å². The molecule has 4 rings (SSSR count). The van der Waals surface area contributed by atoms with Crippen LogP contribution in [0, 0.1) is 0 Å². The van der Waals surface area contributed by atoms with Crippen molar-refractivity contribution in [3.8, 4) is 11.5 Å². The van der Waals surface area contributed by atoms with Crippen LogP contribution in [0.3, 0.4) is 0 Å². The summed E-state index contributed by atoms with van der Waals surface area (Å²) >= 11 is 18.1. The maximum Gasteiger partial charge on any atom is 0.343 e. The van der Waals surface area contributed by atoms with Gasteiger partial charge in [-0.15, -0.1) is 0 Å². The van der Waals surface area contributed by atoms with Gasteiger partial charge < -0.3 is 14.8 Å². The molecule has 3 aromatic carbocycles. The summed E-state index contributed by atoms with van der Waals surface area (Å²) < 4.78 is 10.5. The van der Waals surface area contributed by atoms with Crippen LogP contribution in [0.4, 0.5) is 11.4 Å². The van der Waals surface area contributed by atoms with Crippen LogP contribution in [0.5, 0.6) is 11.5 Å². The number of ether oxygens (including phenoxy) is 2. The molecule has 1 aliphatic heterocycles. The number of carbonyl (C=O) groups is 3. The molecule has 0 saturated carbocycles. The molecular weight excluding hydrogens is 503 g/mol. The van der Waals surface area contributed by atoms with Gasteiger partial charge in [0, 0.05) is 15.7 Å². The van der Waals surface area contributed by atoms with Crippen molar-refractivity contribution < 1.29 is 23.9 Å². The van der Waals surface area contributed by atoms with Crippen molar-refractivity contribution in [1.29, 1.82) is 0 Å². The average molecular weight is 518 g/mol. The van der Waals surface area contributed by atoms with Crippen LogP contribution in [-0.2, 0) is 9.59 Å². The molecule has 0 unspecified atom stereocenters. The second-order valence-corrected chi connectivity index (χ2v) is 8.25. The van der Waals surface area contributed by atoms with Crippen molar-refractivity contribution >= 4 is 64.0 Å². The number of rotatable bonds is 6. The molecule has 172 valence electrons. The second kappa shape index (κ2) is 9.77. The zero-order valence-corrected chi connectivity index (χ0v) is 19.7. The molecule has 0 saturated heterocycles. The lowest BCUT2D eigenvalue weighted by Crippen LogP contribution is -2.32. The van der Waals surface area contributed by atoms with Gasteiger partial charge in [0.15, 0.2) is 0 Å². The minimum atomic E-state index is -0.726. The number of hydrogen-bond acceptors (Lipinski definition) is 6. The highest BCUT2D eigenvalue weighted by atomic mass is 35.5. The number of halogens is 3. The first-order valence-corrected chi connectivity index (χ1v) is 10.9. The predicted octanol–water partition coefficient (Wildman–Crippen LogP) is 5.66. The van der Waals surface area contributed by atoms with Crippen LogP contribution in [0.15, 0.2) is 77.5 Å². The smallest absolute Gasteiger partial charge is 0.343 e. The summed E-state index contributed by atoms with van der Waals surface area (Å²) in [5.41, 5.74) is 0.736. The molecule has 1 N–H and O–H groups in total. The normalized spacial score (nSPS) is 13.4. The number of methoxy groups -OCH3 is 1. The van der Waals surface area contributed by atoms with Crippen LogP contribution in [0.2, 0.25) is 10.0 Å². The van der Waals surface area contributed by atoms with Gasteiger partial charge in [0.25, 0.3) is 11.8 Å². The van der Waals surface area contributed by atoms with Gasteiger partial charge in [0.2, 0.25) is 0 Å². The number of anilines is 2. The molecule has 34 heavy (non-hydrogen) atoms. The highest BCUT2D eigenvalue weighted by Crippen LogP contribution is 2.37. The maximum absolute atomic E-state index is 13.0. The van der Waals surface area contributed by atoms with Crippen molar-refractivity contribution in [2.45, 2.75) is 0 Å². The summed E-state index contributed by atoms with van der Waals surface area (Å²) in [6.07, 6.45) is 0. The van der Waals surface area contributed by atoms with Crippen LogP contribution in [0.1, 0.15) is 10.4 Å². The standard InChI is InChI=1S/C24H15Cl3N2O5/c1-33-19-10-7-15(26)12-18(19)29-22(30)20(27)21(23(29)31)28-16-8-5-13(6-9-16)24(32)34-17-4-2-3-14(25)11-17/h2-12,28H,1H3. The molecule has 1 heterocycles. The summed E-state index contributed by atoms with van der Waals surface area (Å²) in [6, 6.07) is 17.1. The van der Waals surface area contributed by atoms with Crippen LogP contribution < -0.4 is 19.7 Å². The van der Waals surface area contributed by atoms with Gasteiger partial charge in [0.05, 0.1) is 18.4 Å². The summed E-state index contributed by atoms with van der Waals surface area (Å²) in [4.78, 5) is 39.0. The first kappa shape index (κ1) is 23.6. The molecule has 7 nitrogen and oxygen atoms in total. The third-order valence-corrected chi connectivity index (χ3v) is 5.63. The van der Waals surface area contributed by atoms with E-state index in [2.05, 4.69) is 5.32 Å². The van der Waals surface area contributed by atoms with E-state index in [-0.39, 0.29) is 27.7 Å². The molecule has 0 aliphatic carbocycles. The number of imide groups is 1. The monoisotopic (exact) mass is 516 g/mol. The largest absolute Gasteiger partial charge is 0.495 e. The van der Waals surface area contributed by atoms with Crippen molar-refractivity contribution in [3.63, 3.8) is 0 Å². The molecule has 0 aromatic heterocycles. The van der Waals surface area contributed by atoms with Gasteiger partial charge in [0.1, 0.15) is 22.2 Å². The van der Waals surface area contributed by atoms with Crippen molar-refractivity contribution in [3.05, 3.63) is 93.1 Å². The van der Waals surface area contributed by atoms with E-state index >= 15 is 0 Å². The Hall–Kier alpha value is -3.52. The molecule has 10 heteroatoms. The third-order valence-electron chi connectivity index (χ3n) is 4.81. The zero-order valence-electron chi connectivity index (χ0n) is 17.5. The van der Waals surface area contributed by atoms with Gasteiger partial charge in [-0.3, -0.25) is 9.59 Å². The Morgan fingerprint density at radius 2 is 1.59 bits per heavy atom. The van der Waals surface area contributed by atoms with E-state index in [0.717, 1.165) is 4.90 Å². The van der Waals surface area contributed by atoms with E-state index in [4.69, 9.17) is 44.3 Å². The van der Waals surface area contributed by atoms with E-state index in [9.17, 15) is 14.4 Å². The number of benzene rings is 3. The number of nitrogens with one attached hydrogen (secondary N) is 1. The quantitative estimate of drug-likeness (QED) is 0.258. The predicted molar refractivity (Wildman–Crippen MR) is 130 cm³/mol. The van der Waals surface area contributed by atoms with Gasteiger partial charge in [-0.1, -0.05) is 40.9 Å². The molecular formula is C24H15Cl3N2O5. The highest BCUT2D eigenvalue weighted by Gasteiger charge is 2.40. The molecule has 0 bridgehead atoms. The van der Waals surface area contributed by atoms with E-state index < -0.39 is 17.8 Å². The summed E-state index contributed by atoms with van der Waals surface area (Å²) in [5.74, 6) is -1.41. The Kier molecular flexibility index (Phi) is 6.79. The number of carbonyl (C=O) groups excluding carboxylic acids is 3. The molecule has 3 aromatic rings. The average Bonchev–Trinajstić information content (AvgIpc) is 3.02. The second-order valence-electron chi connectivity index (χ2n) is 7.00. The van der Waals surface area contributed by atoms with Gasteiger partial charge in [-0.05, 0) is 60.7 Å². The van der Waals surface area contributed by atoms with Gasteiger partial charge in [-0.2, -0.15) is 0 Å². The number of esters is 1. The summed E-state index contributed by atoms with van der Waals surface area (Å²) in [5, 5.41) is 3.30. The Morgan fingerprint density at radius 3 is 2.26 bits per heavy atom. The number of hydrogen-bond donors (Lipinski definition) is 1. The van der Waals surface area contributed by atoms with Gasteiger partial charge >= 0.3 is 5.97 Å². The lowest BCUT2D eigenvalue weighted by molar-refractivity contribution is -0.120. The van der Waals surface area contributed by atoms with E-state index in [1.165, 1.54) is 31.4 Å². The minimum absolute atomic E-state index is 0.122. The van der Waals surface area contributed by atoms with Crippen LogP contribution in [-0.4, -0.2) is 24.9 Å². The lowest BCUT2D eigenvalue weighted by Gasteiger charge is -2.18. The summed E-state index contributed by atoms with van der Waals surface area (Å²) in [6.45, 7) is 0. The Labute approximate surface area is 209 Å². The molecule has 0 fully saturated rings. The zero-order chi connectivity index (χ0) is 24.4.